The number of carboxylic acid groups (broad SMARTS) is 1. The molecule has 11 nitrogen and oxygen atoms in total. The van der Waals surface area contributed by atoms with Crippen molar-refractivity contribution in [3.05, 3.63) is 60.8 Å². The Balaban J connectivity index is 3.86. The van der Waals surface area contributed by atoms with Crippen molar-refractivity contribution < 1.29 is 47.8 Å². The molecule has 358 valence electrons. The van der Waals surface area contributed by atoms with Crippen LogP contribution in [0.3, 0.4) is 0 Å². The third-order valence-electron chi connectivity index (χ3n) is 10.3. The normalized spacial score (nSPS) is 14.1. The van der Waals surface area contributed by atoms with E-state index >= 15 is 0 Å². The minimum atomic E-state index is -4.76. The van der Waals surface area contributed by atoms with Crippen molar-refractivity contribution in [3.63, 3.8) is 0 Å². The molecule has 0 radical (unpaired) electrons. The van der Waals surface area contributed by atoms with Crippen LogP contribution in [0.25, 0.3) is 0 Å². The van der Waals surface area contributed by atoms with E-state index in [9.17, 15) is 34.1 Å². The van der Waals surface area contributed by atoms with Crippen molar-refractivity contribution in [2.75, 3.05) is 19.8 Å². The molecule has 0 spiro atoms. The second-order valence-electron chi connectivity index (χ2n) is 16.3. The van der Waals surface area contributed by atoms with Gasteiger partial charge in [-0.15, -0.1) is 0 Å². The van der Waals surface area contributed by atoms with Gasteiger partial charge in [0.1, 0.15) is 12.7 Å². The molecule has 12 heteroatoms. The Bertz CT molecular complexity index is 1280. The van der Waals surface area contributed by atoms with E-state index in [-0.39, 0.29) is 12.8 Å². The third kappa shape index (κ3) is 43.8. The zero-order valence-corrected chi connectivity index (χ0v) is 39.8. The highest BCUT2D eigenvalue weighted by atomic mass is 31.2. The molecule has 0 aliphatic carbocycles. The fourth-order valence-electron chi connectivity index (χ4n) is 6.58. The molecule has 0 fully saturated rings. The van der Waals surface area contributed by atoms with Gasteiger partial charge >= 0.3 is 19.8 Å². The number of carboxylic acids is 1. The van der Waals surface area contributed by atoms with Crippen LogP contribution >= 0.6 is 7.82 Å². The molecule has 3 atom stereocenters. The van der Waals surface area contributed by atoms with Crippen LogP contribution in [0.1, 0.15) is 206 Å². The van der Waals surface area contributed by atoms with Gasteiger partial charge in [0, 0.05) is 12.8 Å². The lowest BCUT2D eigenvalue weighted by Gasteiger charge is -2.18. The lowest BCUT2D eigenvalue weighted by Crippen LogP contribution is -2.43. The van der Waals surface area contributed by atoms with Crippen LogP contribution in [0.15, 0.2) is 60.8 Å². The molecule has 3 unspecified atom stereocenters. The van der Waals surface area contributed by atoms with Crippen molar-refractivity contribution in [2.45, 2.75) is 219 Å². The molecule has 0 saturated heterocycles. The quantitative estimate of drug-likeness (QED) is 0.0200. The molecule has 0 heterocycles. The Morgan fingerprint density at radius 2 is 0.935 bits per heavy atom. The Labute approximate surface area is 376 Å². The lowest BCUT2D eigenvalue weighted by atomic mass is 10.0. The van der Waals surface area contributed by atoms with E-state index in [0.717, 1.165) is 83.5 Å². The number of allylic oxidation sites excluding steroid dienone is 10. The smallest absolute Gasteiger partial charge is 0.472 e. The monoisotopic (exact) mass is 894 g/mol. The number of carbonyl (C=O) groups excluding carboxylic acids is 2. The topological polar surface area (TPSA) is 169 Å². The van der Waals surface area contributed by atoms with Crippen molar-refractivity contribution in [3.8, 4) is 0 Å². The van der Waals surface area contributed by atoms with Crippen LogP contribution < -0.4 is 5.32 Å². The summed E-state index contributed by atoms with van der Waals surface area (Å²) in [4.78, 5) is 46.0. The molecule has 4 N–H and O–H groups in total. The minimum absolute atomic E-state index is 0.147. The fraction of sp³-hybridized carbons (Fsp3) is 0.740. The molecule has 0 rings (SSSR count). The molecule has 0 bridgehead atoms. The first-order valence-electron chi connectivity index (χ1n) is 24.3. The second kappa shape index (κ2) is 44.8. The number of aliphatic carboxylic acids is 1. The van der Waals surface area contributed by atoms with Gasteiger partial charge in [-0.05, 0) is 57.8 Å². The summed E-state index contributed by atoms with van der Waals surface area (Å²) in [5, 5.41) is 21.9. The van der Waals surface area contributed by atoms with Crippen molar-refractivity contribution in [2.24, 2.45) is 0 Å². The second-order valence-corrected chi connectivity index (χ2v) is 17.7. The van der Waals surface area contributed by atoms with Gasteiger partial charge in [-0.25, -0.2) is 9.36 Å². The average Bonchev–Trinajstić information content (AvgIpc) is 3.25. The highest BCUT2D eigenvalue weighted by Crippen LogP contribution is 2.43. The van der Waals surface area contributed by atoms with Gasteiger partial charge in [-0.2, -0.15) is 0 Å². The van der Waals surface area contributed by atoms with Gasteiger partial charge in [-0.1, -0.05) is 197 Å². The number of carbonyl (C=O) groups is 3. The van der Waals surface area contributed by atoms with Crippen molar-refractivity contribution in [1.29, 1.82) is 0 Å². The molecule has 0 saturated carbocycles. The highest BCUT2D eigenvalue weighted by molar-refractivity contribution is 7.47. The number of hydrogen-bond acceptors (Lipinski definition) is 8. The summed E-state index contributed by atoms with van der Waals surface area (Å²) in [7, 11) is -4.76. The van der Waals surface area contributed by atoms with Crippen molar-refractivity contribution >= 4 is 25.7 Å². The van der Waals surface area contributed by atoms with E-state index in [2.05, 4.69) is 79.9 Å². The van der Waals surface area contributed by atoms with Crippen LogP contribution in [0.4, 0.5) is 0 Å². The van der Waals surface area contributed by atoms with Crippen LogP contribution in [0.5, 0.6) is 0 Å². The Morgan fingerprint density at radius 3 is 1.40 bits per heavy atom. The Hall–Kier alpha value is -2.82. The first kappa shape index (κ1) is 59.2. The number of rotatable bonds is 45. The number of aliphatic hydroxyl groups excluding tert-OH is 1. The number of amides is 1. The highest BCUT2D eigenvalue weighted by Gasteiger charge is 2.28. The third-order valence-corrected chi connectivity index (χ3v) is 11.3. The van der Waals surface area contributed by atoms with Gasteiger partial charge in [0.2, 0.25) is 5.91 Å². The number of esters is 1. The van der Waals surface area contributed by atoms with E-state index in [0.29, 0.717) is 12.8 Å². The number of phosphoric ester groups is 1. The number of ether oxygens (including phenoxy) is 1. The van der Waals surface area contributed by atoms with Gasteiger partial charge in [0.15, 0.2) is 6.04 Å². The molecule has 1 amide bonds. The van der Waals surface area contributed by atoms with Crippen LogP contribution in [0.2, 0.25) is 0 Å². The first-order valence-corrected chi connectivity index (χ1v) is 25.8. The summed E-state index contributed by atoms with van der Waals surface area (Å²) in [6.07, 6.45) is 52.4. The van der Waals surface area contributed by atoms with Gasteiger partial charge in [0.05, 0.1) is 13.2 Å². The number of unbranched alkanes of at least 4 members (excludes halogenated alkanes) is 21. The average molecular weight is 894 g/mol. The number of phosphoric acid groups is 1. The molecule has 0 aliphatic rings. The van der Waals surface area contributed by atoms with E-state index < -0.39 is 57.6 Å². The Morgan fingerprint density at radius 1 is 0.532 bits per heavy atom. The largest absolute Gasteiger partial charge is 0.480 e. The van der Waals surface area contributed by atoms with Crippen LogP contribution in [-0.2, 0) is 32.7 Å². The molecular formula is C50H88NO10P. The van der Waals surface area contributed by atoms with Crippen LogP contribution in [-0.4, -0.2) is 64.9 Å². The van der Waals surface area contributed by atoms with E-state index in [1.165, 1.54) is 83.5 Å². The molecule has 62 heavy (non-hydrogen) atoms. The fourth-order valence-corrected chi connectivity index (χ4v) is 7.35. The number of aliphatic hydroxyl groups is 1. The Kier molecular flexibility index (Phi) is 42.7. The molecule has 0 aromatic heterocycles. The summed E-state index contributed by atoms with van der Waals surface area (Å²) >= 11 is 0. The van der Waals surface area contributed by atoms with Crippen LogP contribution in [0, 0.1) is 0 Å². The zero-order valence-electron chi connectivity index (χ0n) is 38.9. The first-order chi connectivity index (χ1) is 30.1. The van der Waals surface area contributed by atoms with Gasteiger partial charge < -0.3 is 25.2 Å². The summed E-state index contributed by atoms with van der Waals surface area (Å²) < 4.78 is 26.9. The summed E-state index contributed by atoms with van der Waals surface area (Å²) in [6, 6.07) is -1.55. The molecular weight excluding hydrogens is 806 g/mol. The molecule has 0 aromatic rings. The summed E-state index contributed by atoms with van der Waals surface area (Å²) in [5.74, 6) is -2.38. The van der Waals surface area contributed by atoms with Gasteiger partial charge in [-0.3, -0.25) is 18.6 Å². The van der Waals surface area contributed by atoms with Crippen molar-refractivity contribution in [1.82, 2.24) is 5.32 Å². The molecule has 0 aliphatic heterocycles. The number of hydrogen-bond donors (Lipinski definition) is 4. The zero-order chi connectivity index (χ0) is 45.6. The SMILES string of the molecule is CC/C=C\C/C=C\C/C=C\C/C=C\C/C=C\CCCCCCCCCC(=O)OCC(O)COP(=O)(O)OCC(NC(=O)CCCCCCCCCCCCCCCCC)C(=O)O. The summed E-state index contributed by atoms with van der Waals surface area (Å²) in [6.45, 7) is 2.48. The van der Waals surface area contributed by atoms with Gasteiger partial charge in [0.25, 0.3) is 0 Å². The van der Waals surface area contributed by atoms with E-state index in [4.69, 9.17) is 13.8 Å². The predicted octanol–water partition coefficient (Wildman–Crippen LogP) is 13.1. The number of nitrogens with one attached hydrogen (secondary N) is 1. The maximum atomic E-state index is 12.3. The van der Waals surface area contributed by atoms with E-state index in [1.54, 1.807) is 0 Å². The maximum Gasteiger partial charge on any atom is 0.472 e. The summed E-state index contributed by atoms with van der Waals surface area (Å²) in [5.41, 5.74) is 0. The maximum absolute atomic E-state index is 12.3. The standard InChI is InChI=1S/C50H88NO10P/c1-3-5-7-9-11-13-15-17-19-20-21-22-23-24-25-26-28-30-32-34-36-38-40-42-49(54)59-43-46(52)44-60-62(57,58)61-45-47(50(55)56)51-48(53)41-39-37-35-33-31-29-27-18-16-14-12-10-8-6-4-2/h5,7,11,13,17,19,21-22,24-25,46-47,52H,3-4,6,8-10,12,14-16,18,20,23,26-45H2,1-2H3,(H,51,53)(H,55,56)(H,57,58)/b7-5-,13-11-,19-17-,22-21-,25-24-. The lowest BCUT2D eigenvalue weighted by molar-refractivity contribution is -0.147. The predicted molar refractivity (Wildman–Crippen MR) is 254 cm³/mol. The minimum Gasteiger partial charge on any atom is -0.480 e. The van der Waals surface area contributed by atoms with E-state index in [1.807, 2.05) is 0 Å². The molecule has 0 aromatic carbocycles.